The van der Waals surface area contributed by atoms with Gasteiger partial charge in [-0.1, -0.05) is 12.1 Å². The van der Waals surface area contributed by atoms with Crippen molar-refractivity contribution in [3.8, 4) is 0 Å². The molecule has 0 radical (unpaired) electrons. The summed E-state index contributed by atoms with van der Waals surface area (Å²) in [6.07, 6.45) is 7.29. The number of nitrogens with one attached hydrogen (secondary N) is 1. The molecule has 0 aromatic heterocycles. The lowest BCUT2D eigenvalue weighted by Crippen LogP contribution is -2.58. The number of amides is 2. The summed E-state index contributed by atoms with van der Waals surface area (Å²) < 4.78 is 0. The van der Waals surface area contributed by atoms with Crippen molar-refractivity contribution in [1.82, 2.24) is 15.1 Å². The summed E-state index contributed by atoms with van der Waals surface area (Å²) in [5, 5.41) is 14.2. The van der Waals surface area contributed by atoms with Gasteiger partial charge < -0.3 is 16.0 Å². The van der Waals surface area contributed by atoms with Crippen LogP contribution in [-0.4, -0.2) is 63.3 Å². The van der Waals surface area contributed by atoms with Crippen LogP contribution in [0, 0.1) is 10.1 Å². The number of rotatable bonds is 7. The number of hydrogen-bond donors (Lipinski definition) is 2. The smallest absolute Gasteiger partial charge is 0.269 e. The Bertz CT molecular complexity index is 864. The maximum atomic E-state index is 13.3. The van der Waals surface area contributed by atoms with Gasteiger partial charge in [-0.15, -0.1) is 0 Å². The van der Waals surface area contributed by atoms with E-state index in [4.69, 9.17) is 5.73 Å². The maximum absolute atomic E-state index is 13.3. The second-order valence-corrected chi connectivity index (χ2v) is 9.85. The third kappa shape index (κ3) is 5.89. The third-order valence-electron chi connectivity index (χ3n) is 7.40. The quantitative estimate of drug-likeness (QED) is 0.479. The van der Waals surface area contributed by atoms with Crippen LogP contribution in [0.1, 0.15) is 63.9 Å². The van der Waals surface area contributed by atoms with E-state index >= 15 is 0 Å². The number of non-ortho nitro benzene ring substituents is 1. The predicted octanol–water partition coefficient (Wildman–Crippen LogP) is 2.32. The van der Waals surface area contributed by atoms with Crippen LogP contribution in [0.3, 0.4) is 0 Å². The molecule has 3 fully saturated rings. The zero-order chi connectivity index (χ0) is 23.5. The summed E-state index contributed by atoms with van der Waals surface area (Å²) in [4.78, 5) is 40.3. The van der Waals surface area contributed by atoms with Crippen molar-refractivity contribution in [1.29, 1.82) is 0 Å². The summed E-state index contributed by atoms with van der Waals surface area (Å²) in [6, 6.07) is 7.28. The number of hydrogen-bond acceptors (Lipinski definition) is 6. The molecule has 33 heavy (non-hydrogen) atoms. The van der Waals surface area contributed by atoms with Gasteiger partial charge in [0.2, 0.25) is 11.8 Å². The predicted molar refractivity (Wildman–Crippen MR) is 124 cm³/mol. The zero-order valence-electron chi connectivity index (χ0n) is 19.3. The first kappa shape index (κ1) is 23.6. The first-order valence-electron chi connectivity index (χ1n) is 12.1. The monoisotopic (exact) mass is 457 g/mol. The lowest BCUT2D eigenvalue weighted by molar-refractivity contribution is -0.384. The average molecular weight is 458 g/mol. The van der Waals surface area contributed by atoms with E-state index in [9.17, 15) is 19.7 Å². The van der Waals surface area contributed by atoms with Crippen molar-refractivity contribution in [3.05, 3.63) is 39.9 Å². The minimum absolute atomic E-state index is 0.0542. The zero-order valence-corrected chi connectivity index (χ0v) is 19.3. The summed E-state index contributed by atoms with van der Waals surface area (Å²) in [7, 11) is 0. The molecule has 3 N–H and O–H groups in total. The van der Waals surface area contributed by atoms with E-state index in [0.29, 0.717) is 25.6 Å². The standard InChI is InChI=1S/C24H35N5O4/c1-16(30)27-13-12-22(14-23(27)24(31)26-19-6-4-18(25)5-7-19)28(20-10-11-20)15-17-2-8-21(9-3-17)29(32)33/h2-3,8-9,18-20,22-23H,4-7,10-15,25H2,1H3,(H,26,31)/t18?,19?,22?,23-/m1/s1. The van der Waals surface area contributed by atoms with Gasteiger partial charge in [-0.2, -0.15) is 0 Å². The first-order chi connectivity index (χ1) is 15.8. The summed E-state index contributed by atoms with van der Waals surface area (Å²) in [6.45, 7) is 2.80. The Morgan fingerprint density at radius 3 is 2.33 bits per heavy atom. The second kappa shape index (κ2) is 10.2. The van der Waals surface area contributed by atoms with Crippen LogP contribution in [0.5, 0.6) is 0 Å². The maximum Gasteiger partial charge on any atom is 0.269 e. The second-order valence-electron chi connectivity index (χ2n) is 9.85. The van der Waals surface area contributed by atoms with Gasteiger partial charge in [-0.05, 0) is 56.9 Å². The summed E-state index contributed by atoms with van der Waals surface area (Å²) >= 11 is 0. The average Bonchev–Trinajstić information content (AvgIpc) is 3.64. The number of likely N-dealkylation sites (tertiary alicyclic amines) is 1. The highest BCUT2D eigenvalue weighted by Gasteiger charge is 2.41. The molecule has 1 heterocycles. The highest BCUT2D eigenvalue weighted by molar-refractivity contribution is 5.87. The molecule has 2 aliphatic carbocycles. The number of carbonyl (C=O) groups excluding carboxylic acids is 2. The molecule has 4 rings (SSSR count). The van der Waals surface area contributed by atoms with Gasteiger partial charge in [0.05, 0.1) is 4.92 Å². The molecule has 3 aliphatic rings. The molecule has 1 aromatic rings. The van der Waals surface area contributed by atoms with E-state index in [0.717, 1.165) is 50.5 Å². The lowest BCUT2D eigenvalue weighted by Gasteiger charge is -2.43. The number of nitro benzene ring substituents is 1. The third-order valence-corrected chi connectivity index (χ3v) is 7.40. The number of carbonyl (C=O) groups is 2. The molecule has 0 bridgehead atoms. The molecule has 2 atom stereocenters. The molecule has 2 amide bonds. The van der Waals surface area contributed by atoms with Crippen LogP contribution in [0.15, 0.2) is 24.3 Å². The number of benzene rings is 1. The Morgan fingerprint density at radius 2 is 1.76 bits per heavy atom. The first-order valence-corrected chi connectivity index (χ1v) is 12.1. The number of nitro groups is 1. The van der Waals surface area contributed by atoms with Crippen LogP contribution >= 0.6 is 0 Å². The Labute approximate surface area is 194 Å². The highest BCUT2D eigenvalue weighted by atomic mass is 16.6. The van der Waals surface area contributed by atoms with Gasteiger partial charge in [0, 0.05) is 56.3 Å². The molecule has 1 aliphatic heterocycles. The fourth-order valence-electron chi connectivity index (χ4n) is 5.33. The van der Waals surface area contributed by atoms with E-state index in [1.54, 1.807) is 17.0 Å². The Kier molecular flexibility index (Phi) is 7.29. The topological polar surface area (TPSA) is 122 Å². The molecular weight excluding hydrogens is 422 g/mol. The van der Waals surface area contributed by atoms with Crippen LogP contribution in [0.25, 0.3) is 0 Å². The molecule has 9 heteroatoms. The van der Waals surface area contributed by atoms with Crippen molar-refractivity contribution >= 4 is 17.5 Å². The van der Waals surface area contributed by atoms with E-state index in [2.05, 4.69) is 10.2 Å². The summed E-state index contributed by atoms with van der Waals surface area (Å²) in [5.74, 6) is -0.117. The fourth-order valence-corrected chi connectivity index (χ4v) is 5.33. The van der Waals surface area contributed by atoms with Crippen LogP contribution in [0.4, 0.5) is 5.69 Å². The number of piperidine rings is 1. The normalized spacial score (nSPS) is 27.9. The van der Waals surface area contributed by atoms with Crippen LogP contribution in [0.2, 0.25) is 0 Å². The molecule has 0 spiro atoms. The van der Waals surface area contributed by atoms with Crippen LogP contribution in [-0.2, 0) is 16.1 Å². The van der Waals surface area contributed by atoms with E-state index in [-0.39, 0.29) is 40.6 Å². The van der Waals surface area contributed by atoms with Crippen molar-refractivity contribution in [3.63, 3.8) is 0 Å². The van der Waals surface area contributed by atoms with Crippen molar-refractivity contribution in [2.45, 2.75) is 95.0 Å². The molecule has 1 aromatic carbocycles. The minimum atomic E-state index is -0.463. The van der Waals surface area contributed by atoms with Crippen molar-refractivity contribution < 1.29 is 14.5 Å². The number of nitrogens with zero attached hydrogens (tertiary/aromatic N) is 3. The van der Waals surface area contributed by atoms with Gasteiger partial charge in [0.25, 0.3) is 5.69 Å². The largest absolute Gasteiger partial charge is 0.352 e. The van der Waals surface area contributed by atoms with Gasteiger partial charge in [0.1, 0.15) is 6.04 Å². The molecule has 1 saturated heterocycles. The van der Waals surface area contributed by atoms with Crippen molar-refractivity contribution in [2.75, 3.05) is 6.54 Å². The molecule has 2 saturated carbocycles. The van der Waals surface area contributed by atoms with Crippen LogP contribution < -0.4 is 11.1 Å². The molecule has 1 unspecified atom stereocenters. The van der Waals surface area contributed by atoms with E-state index < -0.39 is 6.04 Å². The molecule has 180 valence electrons. The van der Waals surface area contributed by atoms with Gasteiger partial charge in [0.15, 0.2) is 0 Å². The van der Waals surface area contributed by atoms with E-state index in [1.165, 1.54) is 6.92 Å². The highest BCUT2D eigenvalue weighted by Crippen LogP contribution is 2.35. The number of nitrogens with two attached hydrogens (primary N) is 1. The van der Waals surface area contributed by atoms with Crippen molar-refractivity contribution in [2.24, 2.45) is 5.73 Å². The summed E-state index contributed by atoms with van der Waals surface area (Å²) in [5.41, 5.74) is 7.12. The SMILES string of the molecule is CC(=O)N1CCC(N(Cc2ccc([N+](=O)[O-])cc2)C2CC2)C[C@@H]1C(=O)NC1CCC(N)CC1. The fraction of sp³-hybridized carbons (Fsp3) is 0.667. The lowest BCUT2D eigenvalue weighted by atomic mass is 9.90. The van der Waals surface area contributed by atoms with Gasteiger partial charge >= 0.3 is 0 Å². The van der Waals surface area contributed by atoms with Gasteiger partial charge in [-0.25, -0.2) is 0 Å². The molecule has 9 nitrogen and oxygen atoms in total. The van der Waals surface area contributed by atoms with Gasteiger partial charge in [-0.3, -0.25) is 24.6 Å². The Morgan fingerprint density at radius 1 is 1.09 bits per heavy atom. The Balaban J connectivity index is 1.44. The Hall–Kier alpha value is -2.52. The minimum Gasteiger partial charge on any atom is -0.352 e. The van der Waals surface area contributed by atoms with E-state index in [1.807, 2.05) is 12.1 Å². The molecular formula is C24H35N5O4.